The fraction of sp³-hybridized carbons (Fsp3) is 0.538. The molecular weight excluding hydrogens is 248 g/mol. The summed E-state index contributed by atoms with van der Waals surface area (Å²) in [5.74, 6) is 0. The normalized spacial score (nSPS) is 13.8. The standard InChI is InChI=1S/C13H22N2O2S/c1-4-12(5-2)15-18(16,17)13-8-6-7-11(9-13)10(3)14/h6-10,12,15H,4-5,14H2,1-3H3. The molecule has 0 fully saturated rings. The second-order valence-corrected chi connectivity index (χ2v) is 6.21. The molecule has 5 heteroatoms. The molecule has 0 saturated heterocycles. The lowest BCUT2D eigenvalue weighted by atomic mass is 10.1. The van der Waals surface area contributed by atoms with Gasteiger partial charge in [0, 0.05) is 12.1 Å². The topological polar surface area (TPSA) is 72.2 Å². The van der Waals surface area contributed by atoms with E-state index in [4.69, 9.17) is 5.73 Å². The van der Waals surface area contributed by atoms with Gasteiger partial charge in [-0.05, 0) is 37.5 Å². The largest absolute Gasteiger partial charge is 0.324 e. The summed E-state index contributed by atoms with van der Waals surface area (Å²) in [5, 5.41) is 0. The summed E-state index contributed by atoms with van der Waals surface area (Å²) in [4.78, 5) is 0.282. The molecule has 1 rings (SSSR count). The Morgan fingerprint density at radius 3 is 2.39 bits per heavy atom. The summed E-state index contributed by atoms with van der Waals surface area (Å²) in [6.45, 7) is 5.77. The zero-order valence-electron chi connectivity index (χ0n) is 11.2. The minimum absolute atomic E-state index is 0.0195. The molecule has 0 heterocycles. The van der Waals surface area contributed by atoms with E-state index in [0.717, 1.165) is 18.4 Å². The summed E-state index contributed by atoms with van der Waals surface area (Å²) >= 11 is 0. The van der Waals surface area contributed by atoms with E-state index in [0.29, 0.717) is 0 Å². The van der Waals surface area contributed by atoms with E-state index in [9.17, 15) is 8.42 Å². The Kier molecular flexibility index (Phi) is 5.31. The van der Waals surface area contributed by atoms with Gasteiger partial charge in [-0.3, -0.25) is 0 Å². The van der Waals surface area contributed by atoms with E-state index in [1.165, 1.54) is 0 Å². The third-order valence-electron chi connectivity index (χ3n) is 3.00. The lowest BCUT2D eigenvalue weighted by Gasteiger charge is -2.16. The van der Waals surface area contributed by atoms with Gasteiger partial charge in [-0.2, -0.15) is 0 Å². The molecule has 0 bridgehead atoms. The van der Waals surface area contributed by atoms with Crippen molar-refractivity contribution in [1.29, 1.82) is 0 Å². The van der Waals surface area contributed by atoms with Crippen LogP contribution in [0.4, 0.5) is 0 Å². The number of hydrogen-bond donors (Lipinski definition) is 2. The highest BCUT2D eigenvalue weighted by atomic mass is 32.2. The molecule has 102 valence electrons. The maximum Gasteiger partial charge on any atom is 0.240 e. The molecule has 18 heavy (non-hydrogen) atoms. The Morgan fingerprint density at radius 1 is 1.28 bits per heavy atom. The lowest BCUT2D eigenvalue weighted by Crippen LogP contribution is -2.33. The Hall–Kier alpha value is -0.910. The monoisotopic (exact) mass is 270 g/mol. The van der Waals surface area contributed by atoms with Gasteiger partial charge in [0.25, 0.3) is 0 Å². The van der Waals surface area contributed by atoms with Crippen molar-refractivity contribution in [2.45, 2.75) is 50.6 Å². The van der Waals surface area contributed by atoms with Gasteiger partial charge >= 0.3 is 0 Å². The Balaban J connectivity index is 3.01. The number of sulfonamides is 1. The molecule has 0 aromatic heterocycles. The Bertz CT molecular complexity index is 480. The van der Waals surface area contributed by atoms with Crippen molar-refractivity contribution in [1.82, 2.24) is 4.72 Å². The van der Waals surface area contributed by atoms with Crippen molar-refractivity contribution >= 4 is 10.0 Å². The maximum atomic E-state index is 12.2. The van der Waals surface area contributed by atoms with Gasteiger partial charge in [0.1, 0.15) is 0 Å². The molecule has 3 N–H and O–H groups in total. The molecule has 0 aliphatic heterocycles. The van der Waals surface area contributed by atoms with Crippen LogP contribution in [-0.2, 0) is 10.0 Å². The van der Waals surface area contributed by atoms with Crippen molar-refractivity contribution < 1.29 is 8.42 Å². The van der Waals surface area contributed by atoms with Gasteiger partial charge in [-0.1, -0.05) is 26.0 Å². The quantitative estimate of drug-likeness (QED) is 0.832. The van der Waals surface area contributed by atoms with Crippen LogP contribution in [0.1, 0.15) is 45.2 Å². The number of benzene rings is 1. The van der Waals surface area contributed by atoms with E-state index >= 15 is 0 Å². The van der Waals surface area contributed by atoms with Crippen LogP contribution >= 0.6 is 0 Å². The van der Waals surface area contributed by atoms with Crippen molar-refractivity contribution in [3.8, 4) is 0 Å². The first-order valence-electron chi connectivity index (χ1n) is 6.28. The number of nitrogens with one attached hydrogen (secondary N) is 1. The van der Waals surface area contributed by atoms with Gasteiger partial charge in [-0.25, -0.2) is 13.1 Å². The van der Waals surface area contributed by atoms with Crippen molar-refractivity contribution in [3.63, 3.8) is 0 Å². The molecule has 0 aliphatic rings. The van der Waals surface area contributed by atoms with E-state index in [1.54, 1.807) is 18.2 Å². The molecular formula is C13H22N2O2S. The van der Waals surface area contributed by atoms with Crippen LogP contribution in [0.2, 0.25) is 0 Å². The smallest absolute Gasteiger partial charge is 0.240 e. The fourth-order valence-corrected chi connectivity index (χ4v) is 3.16. The first-order chi connectivity index (χ1) is 8.40. The van der Waals surface area contributed by atoms with E-state index in [1.807, 2.05) is 26.8 Å². The van der Waals surface area contributed by atoms with Crippen LogP contribution in [-0.4, -0.2) is 14.5 Å². The number of rotatable bonds is 6. The predicted octanol–water partition coefficient (Wildman–Crippen LogP) is 2.17. The highest BCUT2D eigenvalue weighted by Crippen LogP contribution is 2.16. The molecule has 1 unspecified atom stereocenters. The summed E-state index contributed by atoms with van der Waals surface area (Å²) in [7, 11) is -3.45. The van der Waals surface area contributed by atoms with Gasteiger partial charge in [-0.15, -0.1) is 0 Å². The van der Waals surface area contributed by atoms with Crippen LogP contribution in [0.15, 0.2) is 29.2 Å². The summed E-state index contributed by atoms with van der Waals surface area (Å²) in [6.07, 6.45) is 1.56. The molecule has 0 saturated carbocycles. The summed E-state index contributed by atoms with van der Waals surface area (Å²) in [5.41, 5.74) is 6.59. The fourth-order valence-electron chi connectivity index (χ4n) is 1.71. The van der Waals surface area contributed by atoms with Gasteiger partial charge in [0.15, 0.2) is 0 Å². The molecule has 0 aliphatic carbocycles. The first kappa shape index (κ1) is 15.1. The summed E-state index contributed by atoms with van der Waals surface area (Å²) in [6, 6.07) is 6.59. The number of hydrogen-bond acceptors (Lipinski definition) is 3. The molecule has 0 spiro atoms. The maximum absolute atomic E-state index is 12.2. The Labute approximate surface area is 110 Å². The van der Waals surface area contributed by atoms with E-state index < -0.39 is 10.0 Å². The van der Waals surface area contributed by atoms with Crippen molar-refractivity contribution in [2.75, 3.05) is 0 Å². The third-order valence-corrected chi connectivity index (χ3v) is 4.52. The zero-order valence-corrected chi connectivity index (χ0v) is 12.0. The van der Waals surface area contributed by atoms with Crippen molar-refractivity contribution in [3.05, 3.63) is 29.8 Å². The zero-order chi connectivity index (χ0) is 13.8. The SMILES string of the molecule is CCC(CC)NS(=O)(=O)c1cccc(C(C)N)c1. The minimum Gasteiger partial charge on any atom is -0.324 e. The van der Waals surface area contributed by atoms with E-state index in [2.05, 4.69) is 4.72 Å². The first-order valence-corrected chi connectivity index (χ1v) is 7.76. The molecule has 1 atom stereocenters. The predicted molar refractivity (Wildman–Crippen MR) is 73.7 cm³/mol. The van der Waals surface area contributed by atoms with Crippen LogP contribution < -0.4 is 10.5 Å². The lowest BCUT2D eigenvalue weighted by molar-refractivity contribution is 0.530. The van der Waals surface area contributed by atoms with Crippen LogP contribution in [0.5, 0.6) is 0 Å². The van der Waals surface area contributed by atoms with Crippen LogP contribution in [0.25, 0.3) is 0 Å². The van der Waals surface area contributed by atoms with Crippen LogP contribution in [0, 0.1) is 0 Å². The second-order valence-electron chi connectivity index (χ2n) is 4.50. The number of nitrogens with two attached hydrogens (primary N) is 1. The average Bonchev–Trinajstić information content (AvgIpc) is 2.36. The minimum atomic E-state index is -3.45. The molecule has 4 nitrogen and oxygen atoms in total. The van der Waals surface area contributed by atoms with Crippen molar-refractivity contribution in [2.24, 2.45) is 5.73 Å². The van der Waals surface area contributed by atoms with Gasteiger partial charge in [0.2, 0.25) is 10.0 Å². The second kappa shape index (κ2) is 6.31. The highest BCUT2D eigenvalue weighted by molar-refractivity contribution is 7.89. The molecule has 0 radical (unpaired) electrons. The van der Waals surface area contributed by atoms with Crippen LogP contribution in [0.3, 0.4) is 0 Å². The van der Waals surface area contributed by atoms with E-state index in [-0.39, 0.29) is 17.0 Å². The Morgan fingerprint density at radius 2 is 1.89 bits per heavy atom. The van der Waals surface area contributed by atoms with Gasteiger partial charge in [0.05, 0.1) is 4.90 Å². The van der Waals surface area contributed by atoms with Gasteiger partial charge < -0.3 is 5.73 Å². The molecule has 1 aromatic carbocycles. The molecule has 1 aromatic rings. The summed E-state index contributed by atoms with van der Waals surface area (Å²) < 4.78 is 27.1. The highest BCUT2D eigenvalue weighted by Gasteiger charge is 2.18. The third kappa shape index (κ3) is 3.80. The molecule has 0 amide bonds. The average molecular weight is 270 g/mol.